The van der Waals surface area contributed by atoms with Crippen LogP contribution in [0.2, 0.25) is 0 Å². The van der Waals surface area contributed by atoms with Gasteiger partial charge in [-0.2, -0.15) is 0 Å². The zero-order valence-corrected chi connectivity index (χ0v) is 47.9. The summed E-state index contributed by atoms with van der Waals surface area (Å²) >= 11 is 7.90. The van der Waals surface area contributed by atoms with Gasteiger partial charge in [-0.1, -0.05) is 188 Å². The number of rotatable bonds is 4. The van der Waals surface area contributed by atoms with Crippen LogP contribution in [0.25, 0.3) is 27.5 Å². The fourth-order valence-corrected chi connectivity index (χ4v) is 17.2. The minimum absolute atomic E-state index is 0.00261. The van der Waals surface area contributed by atoms with E-state index in [1.54, 1.807) is 0 Å². The summed E-state index contributed by atoms with van der Waals surface area (Å²) in [7, 11) is 0. The summed E-state index contributed by atoms with van der Waals surface area (Å²) in [5, 5.41) is 6.25. The third-order valence-electron chi connectivity index (χ3n) is 16.1. The van der Waals surface area contributed by atoms with E-state index in [0.717, 1.165) is 34.1 Å². The molecule has 0 spiro atoms. The zero-order valence-electron chi connectivity index (χ0n) is 46.2. The second-order valence-electron chi connectivity index (χ2n) is 26.4. The molecule has 0 atom stereocenters. The summed E-state index contributed by atoms with van der Waals surface area (Å²) in [5.74, 6) is 0. The second-order valence-corrected chi connectivity index (χ2v) is 30.6. The van der Waals surface area contributed by atoms with Crippen molar-refractivity contribution >= 4 is 107 Å². The van der Waals surface area contributed by atoms with E-state index in [4.69, 9.17) is 11.8 Å². The topological polar surface area (TPSA) is 14.7 Å². The van der Waals surface area contributed by atoms with E-state index in [1.807, 2.05) is 0 Å². The van der Waals surface area contributed by atoms with Crippen molar-refractivity contribution in [3.63, 3.8) is 0 Å². The van der Waals surface area contributed by atoms with Gasteiger partial charge in [0.25, 0.3) is 0 Å². The molecule has 9 aromatic rings. The quantitative estimate of drug-likeness (QED) is 0.163. The smallest absolute Gasteiger partial charge is 0.0594 e. The van der Waals surface area contributed by atoms with Crippen molar-refractivity contribution < 1.29 is 0 Å². The van der Waals surface area contributed by atoms with E-state index in [9.17, 15) is 0 Å². The normalized spacial score (nSPS) is 15.0. The first-order valence-corrected chi connectivity index (χ1v) is 29.4. The van der Waals surface area contributed by atoms with Gasteiger partial charge in [0.05, 0.1) is 56.9 Å². The van der Waals surface area contributed by atoms with Gasteiger partial charge < -0.3 is 19.3 Å². The maximum absolute atomic E-state index is 7.90. The predicted molar refractivity (Wildman–Crippen MR) is 325 cm³/mol. The van der Waals surface area contributed by atoms with E-state index >= 15 is 0 Å². The molecular weight excluding hydrogens is 936 g/mol. The van der Waals surface area contributed by atoms with Crippen molar-refractivity contribution in [3.8, 4) is 5.69 Å². The molecule has 3 aliphatic heterocycles. The van der Waals surface area contributed by atoms with E-state index in [0.29, 0.717) is 0 Å². The Morgan fingerprint density at radius 3 is 0.824 bits per heavy atom. The Morgan fingerprint density at radius 1 is 0.297 bits per heavy atom. The Kier molecular flexibility index (Phi) is 10.5. The summed E-state index contributed by atoms with van der Waals surface area (Å²) < 4.78 is 2.50. The van der Waals surface area contributed by atoms with Crippen molar-refractivity contribution in [2.75, 3.05) is 14.7 Å². The molecule has 0 N–H and O–H groups in total. The van der Waals surface area contributed by atoms with Gasteiger partial charge in [-0.15, -0.1) is 0 Å². The monoisotopic (exact) mass is 1010 g/mol. The summed E-state index contributed by atoms with van der Waals surface area (Å²) in [6.45, 7) is 34.9. The summed E-state index contributed by atoms with van der Waals surface area (Å²) in [5.41, 5.74) is 19.9. The SMILES string of the molecule is CC(C)(C)c1ccc(N2c3cc(-n4c5ccccc5c5ccccc54)cc4c3P3(=S)c5c2cc(C(C)(C)C)cc5N(c2ccc(C(C)(C)C)cc2)c2cc(C(C)(C)C)cc(c23)N4c2ccc(C(C)(C)C)cc2)cc1. The molecule has 0 unspecified atom stereocenters. The molecule has 0 bridgehead atoms. The zero-order chi connectivity index (χ0) is 52.4. The van der Waals surface area contributed by atoms with Gasteiger partial charge in [0.15, 0.2) is 0 Å². The van der Waals surface area contributed by atoms with Gasteiger partial charge in [-0.3, -0.25) is 0 Å². The lowest BCUT2D eigenvalue weighted by molar-refractivity contribution is 0.589. The highest BCUT2D eigenvalue weighted by Crippen LogP contribution is 2.68. The number of hydrogen-bond acceptors (Lipinski definition) is 4. The van der Waals surface area contributed by atoms with Gasteiger partial charge in [0.2, 0.25) is 0 Å². The number of para-hydroxylation sites is 2. The van der Waals surface area contributed by atoms with Gasteiger partial charge in [-0.25, -0.2) is 0 Å². The third-order valence-corrected chi connectivity index (χ3v) is 21.0. The molecule has 74 heavy (non-hydrogen) atoms. The minimum Gasteiger partial charge on any atom is -0.309 e. The Bertz CT molecular complexity index is 3610. The molecule has 0 saturated carbocycles. The number of benzene rings is 8. The fourth-order valence-electron chi connectivity index (χ4n) is 11.9. The van der Waals surface area contributed by atoms with Gasteiger partial charge in [0, 0.05) is 43.7 Å². The van der Waals surface area contributed by atoms with E-state index in [2.05, 4.69) is 281 Å². The Morgan fingerprint density at radius 2 is 0.554 bits per heavy atom. The molecule has 3 aliphatic rings. The molecule has 4 nitrogen and oxygen atoms in total. The van der Waals surface area contributed by atoms with Crippen LogP contribution in [0.4, 0.5) is 51.2 Å². The molecule has 0 radical (unpaired) electrons. The highest BCUT2D eigenvalue weighted by atomic mass is 32.4. The highest BCUT2D eigenvalue weighted by molar-refractivity contribution is 8.26. The first-order chi connectivity index (χ1) is 34.7. The van der Waals surface area contributed by atoms with Gasteiger partial charge in [0.1, 0.15) is 0 Å². The lowest BCUT2D eigenvalue weighted by Crippen LogP contribution is -2.48. The average Bonchev–Trinajstić information content (AvgIpc) is 3.69. The molecule has 4 heterocycles. The van der Waals surface area contributed by atoms with Crippen molar-refractivity contribution in [1.82, 2.24) is 4.57 Å². The Labute approximate surface area is 445 Å². The number of anilines is 9. The molecule has 0 fully saturated rings. The number of aromatic nitrogens is 1. The number of hydrogen-bond donors (Lipinski definition) is 0. The molecular formula is C68H71N4PS. The van der Waals surface area contributed by atoms with Crippen LogP contribution >= 0.6 is 6.04 Å². The van der Waals surface area contributed by atoms with E-state index in [-0.39, 0.29) is 27.1 Å². The van der Waals surface area contributed by atoms with Crippen LogP contribution in [0, 0.1) is 0 Å². The molecule has 0 saturated heterocycles. The summed E-state index contributed by atoms with van der Waals surface area (Å²) in [4.78, 5) is 7.80. The molecule has 374 valence electrons. The van der Waals surface area contributed by atoms with Crippen LogP contribution in [-0.4, -0.2) is 4.57 Å². The van der Waals surface area contributed by atoms with Crippen LogP contribution in [0.3, 0.4) is 0 Å². The van der Waals surface area contributed by atoms with E-state index < -0.39 is 6.04 Å². The van der Waals surface area contributed by atoms with Crippen LogP contribution in [-0.2, 0) is 38.9 Å². The maximum atomic E-state index is 7.90. The van der Waals surface area contributed by atoms with E-state index in [1.165, 1.54) is 88.3 Å². The molecule has 1 aromatic heterocycles. The van der Waals surface area contributed by atoms with Crippen LogP contribution in [0.1, 0.15) is 132 Å². The van der Waals surface area contributed by atoms with Crippen LogP contribution in [0.5, 0.6) is 0 Å². The fraction of sp³-hybridized carbons (Fsp3) is 0.294. The van der Waals surface area contributed by atoms with Crippen molar-refractivity contribution in [3.05, 3.63) is 186 Å². The standard InChI is InChI=1S/C68H71N4PS/c1-64(2,3)42-24-30-47(31-25-42)69-55-36-45(67(10,11)12)38-57-61(55)73(74)62-56(69)37-46(68(13,14)15)39-58(62)71(49-34-28-44(29-35-49)66(7,8)9)60-41-50(72-53-22-18-16-20-51(53)52-21-17-19-23-54(52)72)40-59(63(60)73)70(57)48-32-26-43(27-33-48)65(4,5)6/h16-41H,1-15H3. The minimum atomic E-state index is -2.90. The van der Waals surface area contributed by atoms with Crippen molar-refractivity contribution in [2.24, 2.45) is 0 Å². The molecule has 0 aliphatic carbocycles. The molecule has 0 amide bonds. The first-order valence-electron chi connectivity index (χ1n) is 26.6. The second kappa shape index (κ2) is 16.1. The van der Waals surface area contributed by atoms with Crippen molar-refractivity contribution in [1.29, 1.82) is 0 Å². The third kappa shape index (κ3) is 7.31. The lowest BCUT2D eigenvalue weighted by Gasteiger charge is -2.52. The first kappa shape index (κ1) is 48.5. The maximum Gasteiger partial charge on any atom is 0.0594 e. The highest BCUT2D eigenvalue weighted by Gasteiger charge is 2.53. The Balaban J connectivity index is 1.29. The number of fused-ring (bicyclic) bond motifs is 3. The van der Waals surface area contributed by atoms with Crippen LogP contribution < -0.4 is 30.6 Å². The lowest BCUT2D eigenvalue weighted by atomic mass is 9.84. The summed E-state index contributed by atoms with van der Waals surface area (Å²) in [6.07, 6.45) is 0. The molecule has 6 heteroatoms. The van der Waals surface area contributed by atoms with Gasteiger partial charge in [-0.05, 0) is 140 Å². The van der Waals surface area contributed by atoms with Crippen molar-refractivity contribution in [2.45, 2.75) is 131 Å². The summed E-state index contributed by atoms with van der Waals surface area (Å²) in [6, 6.07) is 58.1. The largest absolute Gasteiger partial charge is 0.309 e. The Hall–Kier alpha value is -6.39. The van der Waals surface area contributed by atoms with Gasteiger partial charge >= 0.3 is 0 Å². The molecule has 8 aromatic carbocycles. The van der Waals surface area contributed by atoms with Crippen LogP contribution in [0.15, 0.2) is 158 Å². The average molecular weight is 1010 g/mol. The molecule has 12 rings (SSSR count). The number of nitrogens with zero attached hydrogens (tertiary/aromatic N) is 4. The predicted octanol–water partition coefficient (Wildman–Crippen LogP) is 18.4.